The average Bonchev–Trinajstić information content (AvgIpc) is 2.19. The van der Waals surface area contributed by atoms with E-state index < -0.39 is 0 Å². The molecule has 0 aromatic rings. The molecule has 0 aliphatic heterocycles. The molecule has 0 N–H and O–H groups in total. The molecular formula is C12H19BrO. The van der Waals surface area contributed by atoms with Crippen LogP contribution < -0.4 is 0 Å². The Morgan fingerprint density at radius 3 is 2.43 bits per heavy atom. The third kappa shape index (κ3) is 5.28. The summed E-state index contributed by atoms with van der Waals surface area (Å²) in [5.74, 6) is 1.30. The van der Waals surface area contributed by atoms with Crippen LogP contribution in [-0.4, -0.2) is 6.61 Å². The summed E-state index contributed by atoms with van der Waals surface area (Å²) in [7, 11) is 0. The molecule has 0 saturated heterocycles. The third-order valence-electron chi connectivity index (χ3n) is 2.18. The van der Waals surface area contributed by atoms with Crippen LogP contribution in [0, 0.1) is 5.92 Å². The highest BCUT2D eigenvalue weighted by Crippen LogP contribution is 2.18. The topological polar surface area (TPSA) is 9.23 Å². The van der Waals surface area contributed by atoms with E-state index in [1.54, 1.807) is 6.08 Å². The summed E-state index contributed by atoms with van der Waals surface area (Å²) < 4.78 is 6.40. The van der Waals surface area contributed by atoms with Gasteiger partial charge in [0.25, 0.3) is 0 Å². The highest BCUT2D eigenvalue weighted by atomic mass is 79.9. The molecule has 80 valence electrons. The predicted octanol–water partition coefficient (Wildman–Crippen LogP) is 4.42. The van der Waals surface area contributed by atoms with Crippen molar-refractivity contribution in [2.24, 2.45) is 5.92 Å². The van der Waals surface area contributed by atoms with E-state index in [1.807, 2.05) is 6.08 Å². The second-order valence-electron chi connectivity index (χ2n) is 3.17. The van der Waals surface area contributed by atoms with E-state index in [0.717, 1.165) is 23.9 Å². The monoisotopic (exact) mass is 258 g/mol. The Bertz CT molecular complexity index is 214. The Balaban J connectivity index is 3.95. The lowest BCUT2D eigenvalue weighted by atomic mass is 10.1. The Labute approximate surface area is 95.7 Å². The second-order valence-corrected chi connectivity index (χ2v) is 4.02. The fourth-order valence-corrected chi connectivity index (χ4v) is 1.31. The summed E-state index contributed by atoms with van der Waals surface area (Å²) >= 11 is 3.36. The second kappa shape index (κ2) is 7.86. The normalized spacial score (nSPS) is 11.6. The van der Waals surface area contributed by atoms with Crippen LogP contribution in [0.5, 0.6) is 0 Å². The van der Waals surface area contributed by atoms with Gasteiger partial charge in [-0.1, -0.05) is 45.9 Å². The summed E-state index contributed by atoms with van der Waals surface area (Å²) in [6.07, 6.45) is 5.82. The molecular weight excluding hydrogens is 240 g/mol. The number of ether oxygens (including phenoxy) is 1. The molecule has 2 heteroatoms. The van der Waals surface area contributed by atoms with Crippen molar-refractivity contribution in [2.75, 3.05) is 6.61 Å². The van der Waals surface area contributed by atoms with Crippen molar-refractivity contribution in [3.8, 4) is 0 Å². The first-order valence-corrected chi connectivity index (χ1v) is 5.75. The Morgan fingerprint density at radius 1 is 1.43 bits per heavy atom. The molecule has 0 heterocycles. The maximum absolute atomic E-state index is 5.54. The first-order chi connectivity index (χ1) is 6.65. The minimum absolute atomic E-state index is 0.621. The molecule has 14 heavy (non-hydrogen) atoms. The van der Waals surface area contributed by atoms with Crippen LogP contribution in [0.3, 0.4) is 0 Å². The van der Waals surface area contributed by atoms with Gasteiger partial charge in [0.05, 0.1) is 11.1 Å². The van der Waals surface area contributed by atoms with E-state index in [9.17, 15) is 0 Å². The lowest BCUT2D eigenvalue weighted by molar-refractivity contribution is 0.169. The molecule has 0 amide bonds. The molecule has 0 atom stereocenters. The van der Waals surface area contributed by atoms with E-state index in [1.165, 1.54) is 0 Å². The zero-order valence-electron chi connectivity index (χ0n) is 9.05. The van der Waals surface area contributed by atoms with E-state index in [4.69, 9.17) is 4.74 Å². The molecule has 0 bridgehead atoms. The van der Waals surface area contributed by atoms with Gasteiger partial charge in [-0.05, 0) is 27.9 Å². The molecule has 0 saturated carbocycles. The quantitative estimate of drug-likeness (QED) is 0.486. The van der Waals surface area contributed by atoms with Crippen LogP contribution in [0.1, 0.15) is 26.7 Å². The van der Waals surface area contributed by atoms with E-state index in [2.05, 4.69) is 42.9 Å². The molecule has 0 aromatic heterocycles. The summed E-state index contributed by atoms with van der Waals surface area (Å²) in [5.41, 5.74) is 0. The van der Waals surface area contributed by atoms with Crippen LogP contribution in [0.2, 0.25) is 0 Å². The Hall–Kier alpha value is -0.500. The molecule has 1 nitrogen and oxygen atoms in total. The zero-order valence-corrected chi connectivity index (χ0v) is 10.6. The number of rotatable bonds is 7. The van der Waals surface area contributed by atoms with Gasteiger partial charge in [0.1, 0.15) is 5.76 Å². The molecule has 0 aromatic carbocycles. The highest BCUT2D eigenvalue weighted by Gasteiger charge is 2.05. The fourth-order valence-electron chi connectivity index (χ4n) is 1.01. The van der Waals surface area contributed by atoms with E-state index in [-0.39, 0.29) is 0 Å². The summed E-state index contributed by atoms with van der Waals surface area (Å²) in [6, 6.07) is 0. The molecule has 0 rings (SSSR count). The van der Waals surface area contributed by atoms with Crippen LogP contribution in [0.15, 0.2) is 35.6 Å². The lowest BCUT2D eigenvalue weighted by Gasteiger charge is -2.14. The van der Waals surface area contributed by atoms with E-state index >= 15 is 0 Å². The van der Waals surface area contributed by atoms with Gasteiger partial charge < -0.3 is 4.74 Å². The zero-order chi connectivity index (χ0) is 11.0. The van der Waals surface area contributed by atoms with Gasteiger partial charge in [-0.2, -0.15) is 0 Å². The summed E-state index contributed by atoms with van der Waals surface area (Å²) in [6.45, 7) is 12.5. The van der Waals surface area contributed by atoms with Gasteiger partial charge in [0.15, 0.2) is 0 Å². The van der Waals surface area contributed by atoms with Crippen molar-refractivity contribution in [3.05, 3.63) is 35.6 Å². The molecule has 0 aliphatic rings. The van der Waals surface area contributed by atoms with Crippen molar-refractivity contribution in [2.45, 2.75) is 26.7 Å². The number of allylic oxidation sites excluding steroid dienone is 3. The number of halogens is 1. The van der Waals surface area contributed by atoms with Crippen molar-refractivity contribution >= 4 is 15.9 Å². The minimum atomic E-state index is 0.621. The van der Waals surface area contributed by atoms with Crippen molar-refractivity contribution < 1.29 is 4.74 Å². The SMILES string of the molecule is C=C/C=C(/Br)C(=C)OCC(CC)CC. The van der Waals surface area contributed by atoms with Gasteiger partial charge in [-0.25, -0.2) is 0 Å². The van der Waals surface area contributed by atoms with E-state index in [0.29, 0.717) is 11.7 Å². The Morgan fingerprint density at radius 2 is 2.00 bits per heavy atom. The molecule has 0 fully saturated rings. The lowest BCUT2D eigenvalue weighted by Crippen LogP contribution is -2.07. The van der Waals surface area contributed by atoms with Crippen molar-refractivity contribution in [1.82, 2.24) is 0 Å². The van der Waals surface area contributed by atoms with Crippen LogP contribution in [0.4, 0.5) is 0 Å². The maximum atomic E-state index is 5.54. The van der Waals surface area contributed by atoms with Gasteiger partial charge in [0, 0.05) is 0 Å². The van der Waals surface area contributed by atoms with Crippen LogP contribution in [-0.2, 0) is 4.74 Å². The van der Waals surface area contributed by atoms with Gasteiger partial charge >= 0.3 is 0 Å². The van der Waals surface area contributed by atoms with Gasteiger partial charge in [-0.15, -0.1) is 0 Å². The minimum Gasteiger partial charge on any atom is -0.493 e. The fraction of sp³-hybridized carbons (Fsp3) is 0.500. The smallest absolute Gasteiger partial charge is 0.126 e. The first kappa shape index (κ1) is 13.5. The summed E-state index contributed by atoms with van der Waals surface area (Å²) in [5, 5.41) is 0. The summed E-state index contributed by atoms with van der Waals surface area (Å²) in [4.78, 5) is 0. The molecule has 0 spiro atoms. The molecule has 0 unspecified atom stereocenters. The largest absolute Gasteiger partial charge is 0.493 e. The first-order valence-electron chi connectivity index (χ1n) is 4.95. The van der Waals surface area contributed by atoms with Crippen molar-refractivity contribution in [3.63, 3.8) is 0 Å². The van der Waals surface area contributed by atoms with Gasteiger partial charge in [0.2, 0.25) is 0 Å². The van der Waals surface area contributed by atoms with Gasteiger partial charge in [-0.3, -0.25) is 0 Å². The maximum Gasteiger partial charge on any atom is 0.126 e. The van der Waals surface area contributed by atoms with Crippen molar-refractivity contribution in [1.29, 1.82) is 0 Å². The number of hydrogen-bond acceptors (Lipinski definition) is 1. The predicted molar refractivity (Wildman–Crippen MR) is 66.4 cm³/mol. The number of hydrogen-bond donors (Lipinski definition) is 0. The standard InChI is InChI=1S/C12H19BrO/c1-5-8-12(13)10(4)14-9-11(6-2)7-3/h5,8,11H,1,4,6-7,9H2,2-3H3/b12-8+. The average molecular weight is 259 g/mol. The third-order valence-corrected chi connectivity index (χ3v) is 2.89. The highest BCUT2D eigenvalue weighted by molar-refractivity contribution is 9.11. The molecule has 0 aliphatic carbocycles. The Kier molecular flexibility index (Phi) is 7.58. The molecule has 0 radical (unpaired) electrons. The van der Waals surface area contributed by atoms with Crippen LogP contribution >= 0.6 is 15.9 Å². The van der Waals surface area contributed by atoms with Crippen LogP contribution in [0.25, 0.3) is 0 Å².